The zero-order valence-corrected chi connectivity index (χ0v) is 11.3. The van der Waals surface area contributed by atoms with Crippen LogP contribution in [0.25, 0.3) is 0 Å². The monoisotopic (exact) mass is 281 g/mol. The smallest absolute Gasteiger partial charge is 0.340 e. The van der Waals surface area contributed by atoms with Crippen molar-refractivity contribution < 1.29 is 14.3 Å². The van der Waals surface area contributed by atoms with E-state index in [1.54, 1.807) is 37.3 Å². The zero-order valence-electron chi connectivity index (χ0n) is 9.66. The number of thiocarbonyl (C=S) groups is 1. The zero-order chi connectivity index (χ0) is 13.4. The third-order valence-corrected chi connectivity index (χ3v) is 2.93. The molecular formula is C12H11NO3S2. The van der Waals surface area contributed by atoms with Crippen LogP contribution in [0.5, 0.6) is 0 Å². The van der Waals surface area contributed by atoms with E-state index in [1.807, 2.05) is 6.07 Å². The molecule has 1 rings (SSSR count). The summed E-state index contributed by atoms with van der Waals surface area (Å²) < 4.78 is 10.2. The summed E-state index contributed by atoms with van der Waals surface area (Å²) in [6, 6.07) is 10.3. The quantitative estimate of drug-likeness (QED) is 0.480. The van der Waals surface area contributed by atoms with Gasteiger partial charge in [0.2, 0.25) is 9.82 Å². The van der Waals surface area contributed by atoms with Gasteiger partial charge in [-0.05, 0) is 43.0 Å². The van der Waals surface area contributed by atoms with Crippen molar-refractivity contribution in [3.05, 3.63) is 35.9 Å². The average Bonchev–Trinajstić information content (AvgIpc) is 2.39. The Bertz CT molecular complexity index is 456. The molecule has 0 fully saturated rings. The third-order valence-electron chi connectivity index (χ3n) is 1.79. The van der Waals surface area contributed by atoms with Crippen LogP contribution in [-0.2, 0) is 9.47 Å². The van der Waals surface area contributed by atoms with Crippen molar-refractivity contribution in [1.29, 1.82) is 5.26 Å². The fraction of sp³-hybridized carbons (Fsp3) is 0.250. The summed E-state index contributed by atoms with van der Waals surface area (Å²) in [4.78, 5) is 11.7. The van der Waals surface area contributed by atoms with Gasteiger partial charge in [-0.2, -0.15) is 5.26 Å². The highest BCUT2D eigenvalue weighted by atomic mass is 32.2. The van der Waals surface area contributed by atoms with E-state index < -0.39 is 11.4 Å². The van der Waals surface area contributed by atoms with Gasteiger partial charge in [-0.1, -0.05) is 18.2 Å². The maximum atomic E-state index is 11.7. The number of carbonyl (C=O) groups is 1. The SMILES string of the molecule is CCOC(=S)SC(C#N)OC(=O)c1ccccc1. The lowest BCUT2D eigenvalue weighted by Gasteiger charge is -2.10. The number of rotatable bonds is 4. The Morgan fingerprint density at radius 3 is 2.72 bits per heavy atom. The number of benzene rings is 1. The minimum Gasteiger partial charge on any atom is -0.479 e. The fourth-order valence-electron chi connectivity index (χ4n) is 1.06. The summed E-state index contributed by atoms with van der Waals surface area (Å²) in [6.07, 6.45) is 0. The topological polar surface area (TPSA) is 59.3 Å². The van der Waals surface area contributed by atoms with E-state index in [2.05, 4.69) is 0 Å². The van der Waals surface area contributed by atoms with Crippen LogP contribution in [0.15, 0.2) is 30.3 Å². The second kappa shape index (κ2) is 7.69. The molecule has 94 valence electrons. The molecule has 0 aromatic heterocycles. The van der Waals surface area contributed by atoms with E-state index in [0.29, 0.717) is 12.2 Å². The van der Waals surface area contributed by atoms with Gasteiger partial charge in [0.25, 0.3) is 0 Å². The van der Waals surface area contributed by atoms with Crippen molar-refractivity contribution >= 4 is 34.3 Å². The Kier molecular flexibility index (Phi) is 6.19. The first-order valence-electron chi connectivity index (χ1n) is 5.16. The van der Waals surface area contributed by atoms with Crippen LogP contribution in [0, 0.1) is 11.3 Å². The Hall–Kier alpha value is -1.58. The Balaban J connectivity index is 2.57. The lowest BCUT2D eigenvalue weighted by molar-refractivity contribution is 0.0519. The van der Waals surface area contributed by atoms with Gasteiger partial charge in [-0.3, -0.25) is 0 Å². The van der Waals surface area contributed by atoms with Gasteiger partial charge >= 0.3 is 5.97 Å². The van der Waals surface area contributed by atoms with E-state index in [4.69, 9.17) is 27.0 Å². The molecule has 0 spiro atoms. The molecule has 0 saturated heterocycles. The van der Waals surface area contributed by atoms with Gasteiger partial charge in [-0.15, -0.1) is 0 Å². The number of ether oxygens (including phenoxy) is 2. The molecule has 0 N–H and O–H groups in total. The van der Waals surface area contributed by atoms with Crippen LogP contribution in [0.2, 0.25) is 0 Å². The molecule has 0 radical (unpaired) electrons. The highest BCUT2D eigenvalue weighted by Crippen LogP contribution is 2.17. The van der Waals surface area contributed by atoms with E-state index in [9.17, 15) is 4.79 Å². The molecule has 0 saturated carbocycles. The number of nitriles is 1. The predicted molar refractivity (Wildman–Crippen MR) is 73.1 cm³/mol. The summed E-state index contributed by atoms with van der Waals surface area (Å²) in [7, 11) is 0. The summed E-state index contributed by atoms with van der Waals surface area (Å²) in [5.74, 6) is -0.561. The molecule has 0 aliphatic carbocycles. The maximum Gasteiger partial charge on any atom is 0.340 e. The summed E-state index contributed by atoms with van der Waals surface area (Å²) in [6.45, 7) is 2.20. The first-order chi connectivity index (χ1) is 8.67. The Morgan fingerprint density at radius 1 is 1.50 bits per heavy atom. The number of nitrogens with zero attached hydrogens (tertiary/aromatic N) is 1. The third kappa shape index (κ3) is 4.73. The van der Waals surface area contributed by atoms with Gasteiger partial charge in [0.15, 0.2) is 0 Å². The first-order valence-corrected chi connectivity index (χ1v) is 6.45. The normalized spacial score (nSPS) is 11.1. The highest BCUT2D eigenvalue weighted by molar-refractivity contribution is 8.23. The second-order valence-electron chi connectivity index (χ2n) is 3.03. The van der Waals surface area contributed by atoms with E-state index in [-0.39, 0.29) is 4.38 Å². The number of hydrogen-bond donors (Lipinski definition) is 0. The summed E-state index contributed by atoms with van der Waals surface area (Å²) in [5, 5.41) is 8.88. The molecule has 0 aliphatic rings. The van der Waals surface area contributed by atoms with Gasteiger partial charge < -0.3 is 9.47 Å². The molecule has 4 nitrogen and oxygen atoms in total. The standard InChI is InChI=1S/C12H11NO3S2/c1-2-15-12(17)18-10(8-13)16-11(14)9-6-4-3-5-7-9/h3-7,10H,2H2,1H3. The number of esters is 1. The lowest BCUT2D eigenvalue weighted by Crippen LogP contribution is -2.15. The van der Waals surface area contributed by atoms with Crippen LogP contribution in [0.1, 0.15) is 17.3 Å². The van der Waals surface area contributed by atoms with Crippen LogP contribution in [-0.4, -0.2) is 22.4 Å². The molecule has 1 aromatic rings. The predicted octanol–water partition coefficient (Wildman–Crippen LogP) is 2.75. The maximum absolute atomic E-state index is 11.7. The van der Waals surface area contributed by atoms with Crippen LogP contribution >= 0.6 is 24.0 Å². The van der Waals surface area contributed by atoms with Crippen LogP contribution < -0.4 is 0 Å². The largest absolute Gasteiger partial charge is 0.479 e. The lowest BCUT2D eigenvalue weighted by atomic mass is 10.2. The van der Waals surface area contributed by atoms with Gasteiger partial charge in [-0.25, -0.2) is 4.79 Å². The fourth-order valence-corrected chi connectivity index (χ4v) is 1.98. The van der Waals surface area contributed by atoms with Crippen LogP contribution in [0.4, 0.5) is 0 Å². The highest BCUT2D eigenvalue weighted by Gasteiger charge is 2.18. The number of hydrogen-bond acceptors (Lipinski definition) is 6. The number of thioether (sulfide) groups is 1. The van der Waals surface area contributed by atoms with Crippen molar-refractivity contribution in [2.24, 2.45) is 0 Å². The summed E-state index contributed by atoms with van der Waals surface area (Å²) in [5.41, 5.74) is -0.613. The van der Waals surface area contributed by atoms with Gasteiger partial charge in [0.1, 0.15) is 6.07 Å². The minimum absolute atomic E-state index is 0.185. The van der Waals surface area contributed by atoms with Gasteiger partial charge in [0.05, 0.1) is 12.2 Å². The number of carbonyl (C=O) groups excluding carboxylic acids is 1. The van der Waals surface area contributed by atoms with Crippen molar-refractivity contribution in [2.75, 3.05) is 6.61 Å². The molecule has 6 heteroatoms. The Morgan fingerprint density at radius 2 is 2.17 bits per heavy atom. The Labute approximate surface area is 115 Å². The van der Waals surface area contributed by atoms with Crippen molar-refractivity contribution in [3.63, 3.8) is 0 Å². The minimum atomic E-state index is -1.00. The van der Waals surface area contributed by atoms with Crippen molar-refractivity contribution in [3.8, 4) is 6.07 Å². The van der Waals surface area contributed by atoms with Crippen molar-refractivity contribution in [1.82, 2.24) is 0 Å². The molecule has 1 aromatic carbocycles. The molecule has 0 amide bonds. The first kappa shape index (κ1) is 14.5. The van der Waals surface area contributed by atoms with Crippen molar-refractivity contribution in [2.45, 2.75) is 12.4 Å². The molecule has 1 unspecified atom stereocenters. The van der Waals surface area contributed by atoms with E-state index in [1.165, 1.54) is 0 Å². The molecule has 0 aliphatic heterocycles. The molecule has 18 heavy (non-hydrogen) atoms. The molecule has 0 heterocycles. The van der Waals surface area contributed by atoms with Crippen LogP contribution in [0.3, 0.4) is 0 Å². The molecule has 0 bridgehead atoms. The van der Waals surface area contributed by atoms with E-state index in [0.717, 1.165) is 11.8 Å². The molecule has 1 atom stereocenters. The second-order valence-corrected chi connectivity index (χ2v) is 4.70. The van der Waals surface area contributed by atoms with Gasteiger partial charge in [0, 0.05) is 0 Å². The summed E-state index contributed by atoms with van der Waals surface area (Å²) >= 11 is 5.76. The van der Waals surface area contributed by atoms with E-state index >= 15 is 0 Å². The molecular weight excluding hydrogens is 270 g/mol. The average molecular weight is 281 g/mol.